The minimum atomic E-state index is -0.631. The zero-order valence-corrected chi connectivity index (χ0v) is 14.0. The number of aliphatic hydroxyl groups excluding tert-OH is 1. The van der Waals surface area contributed by atoms with E-state index in [2.05, 4.69) is 4.98 Å². The van der Waals surface area contributed by atoms with Crippen molar-refractivity contribution in [3.05, 3.63) is 40.2 Å². The molecule has 3 rings (SSSR count). The molecule has 0 aliphatic carbocycles. The molecule has 1 aliphatic heterocycles. The summed E-state index contributed by atoms with van der Waals surface area (Å²) >= 11 is 1.40. The first-order chi connectivity index (χ1) is 11.1. The summed E-state index contributed by atoms with van der Waals surface area (Å²) in [5.74, 6) is -0.0912. The molecular weight excluding hydrogens is 312 g/mol. The summed E-state index contributed by atoms with van der Waals surface area (Å²) in [5, 5.41) is 10.9. The van der Waals surface area contributed by atoms with E-state index in [1.165, 1.54) is 11.3 Å². The van der Waals surface area contributed by atoms with Crippen molar-refractivity contribution >= 4 is 17.2 Å². The van der Waals surface area contributed by atoms with Crippen LogP contribution in [0.3, 0.4) is 0 Å². The maximum Gasteiger partial charge on any atom is 0.266 e. The summed E-state index contributed by atoms with van der Waals surface area (Å²) in [6, 6.07) is 9.42. The smallest absolute Gasteiger partial charge is 0.266 e. The third kappa shape index (κ3) is 3.15. The maximum absolute atomic E-state index is 13.0. The molecule has 2 heterocycles. The van der Waals surface area contributed by atoms with Gasteiger partial charge < -0.3 is 14.7 Å². The molecule has 2 atom stereocenters. The summed E-state index contributed by atoms with van der Waals surface area (Å²) in [6.07, 6.45) is -0.631. The van der Waals surface area contributed by atoms with Gasteiger partial charge in [0.1, 0.15) is 4.88 Å². The molecular formula is C17H20N2O3S. The number of nitrogens with zero attached hydrogens (tertiary/aromatic N) is 2. The molecule has 122 valence electrons. The van der Waals surface area contributed by atoms with Crippen LogP contribution in [0.25, 0.3) is 11.3 Å². The molecule has 5 nitrogen and oxygen atoms in total. The van der Waals surface area contributed by atoms with Crippen LogP contribution in [0.2, 0.25) is 0 Å². The number of hydrogen-bond donors (Lipinski definition) is 1. The van der Waals surface area contributed by atoms with E-state index in [4.69, 9.17) is 4.74 Å². The van der Waals surface area contributed by atoms with E-state index >= 15 is 0 Å². The summed E-state index contributed by atoms with van der Waals surface area (Å²) in [7, 11) is 0. The van der Waals surface area contributed by atoms with E-state index in [9.17, 15) is 9.90 Å². The van der Waals surface area contributed by atoms with Crippen molar-refractivity contribution in [3.8, 4) is 11.3 Å². The molecule has 0 saturated carbocycles. The number of thiazole rings is 1. The van der Waals surface area contributed by atoms with Crippen molar-refractivity contribution < 1.29 is 14.6 Å². The average molecular weight is 332 g/mol. The lowest BCUT2D eigenvalue weighted by Crippen LogP contribution is -2.46. The molecule has 6 heteroatoms. The second-order valence-corrected chi connectivity index (χ2v) is 6.74. The number of aryl methyl sites for hydroxylation is 1. The molecule has 1 aromatic carbocycles. The molecule has 0 bridgehead atoms. The molecule has 0 spiro atoms. The van der Waals surface area contributed by atoms with Crippen LogP contribution >= 0.6 is 11.3 Å². The monoisotopic (exact) mass is 332 g/mol. The number of benzene rings is 1. The Morgan fingerprint density at radius 1 is 1.39 bits per heavy atom. The molecule has 0 unspecified atom stereocenters. The van der Waals surface area contributed by atoms with Crippen LogP contribution in [-0.4, -0.2) is 52.8 Å². The first-order valence-electron chi connectivity index (χ1n) is 7.71. The second kappa shape index (κ2) is 6.78. The van der Waals surface area contributed by atoms with Crippen molar-refractivity contribution in [2.24, 2.45) is 0 Å². The summed E-state index contributed by atoms with van der Waals surface area (Å²) in [4.78, 5) is 19.9. The molecule has 1 amide bonds. The number of aliphatic hydroxyl groups is 1. The molecule has 1 aliphatic rings. The second-order valence-electron chi connectivity index (χ2n) is 5.54. The average Bonchev–Trinajstić information content (AvgIpc) is 3.15. The van der Waals surface area contributed by atoms with Crippen LogP contribution in [0.4, 0.5) is 0 Å². The van der Waals surface area contributed by atoms with Gasteiger partial charge in [0.05, 0.1) is 36.1 Å². The van der Waals surface area contributed by atoms with E-state index in [1.807, 2.05) is 44.2 Å². The molecule has 2 aromatic rings. The highest BCUT2D eigenvalue weighted by Crippen LogP contribution is 2.30. The lowest BCUT2D eigenvalue weighted by molar-refractivity contribution is 0.0525. The van der Waals surface area contributed by atoms with Gasteiger partial charge in [0.25, 0.3) is 5.91 Å². The van der Waals surface area contributed by atoms with Gasteiger partial charge in [-0.05, 0) is 13.8 Å². The molecule has 1 N–H and O–H groups in total. The summed E-state index contributed by atoms with van der Waals surface area (Å²) < 4.78 is 5.30. The number of aromatic nitrogens is 1. The molecule has 1 fully saturated rings. The van der Waals surface area contributed by atoms with E-state index in [-0.39, 0.29) is 18.6 Å². The third-order valence-electron chi connectivity index (χ3n) is 4.00. The number of rotatable bonds is 4. The van der Waals surface area contributed by atoms with Gasteiger partial charge in [0.2, 0.25) is 0 Å². The van der Waals surface area contributed by atoms with Gasteiger partial charge in [0.15, 0.2) is 0 Å². The van der Waals surface area contributed by atoms with Crippen molar-refractivity contribution in [1.29, 1.82) is 0 Å². The summed E-state index contributed by atoms with van der Waals surface area (Å²) in [6.45, 7) is 4.99. The third-order valence-corrected chi connectivity index (χ3v) is 4.96. The number of likely N-dealkylation sites (N-methyl/N-ethyl adjacent to an activating group) is 1. The van der Waals surface area contributed by atoms with Gasteiger partial charge in [-0.25, -0.2) is 4.98 Å². The maximum atomic E-state index is 13.0. The number of carbonyl (C=O) groups excluding carboxylic acids is 1. The molecule has 23 heavy (non-hydrogen) atoms. The van der Waals surface area contributed by atoms with Crippen LogP contribution in [0.15, 0.2) is 30.3 Å². The van der Waals surface area contributed by atoms with Gasteiger partial charge in [-0.1, -0.05) is 30.3 Å². The van der Waals surface area contributed by atoms with Gasteiger partial charge in [-0.15, -0.1) is 11.3 Å². The van der Waals surface area contributed by atoms with Gasteiger partial charge in [-0.2, -0.15) is 0 Å². The first-order valence-corrected chi connectivity index (χ1v) is 8.53. The largest absolute Gasteiger partial charge is 0.388 e. The normalized spacial score (nSPS) is 20.7. The highest BCUT2D eigenvalue weighted by Gasteiger charge is 2.35. The van der Waals surface area contributed by atoms with Crippen LogP contribution in [0.5, 0.6) is 0 Å². The lowest BCUT2D eigenvalue weighted by Gasteiger charge is -2.28. The van der Waals surface area contributed by atoms with E-state index in [1.54, 1.807) is 4.90 Å². The standard InChI is InChI=1S/C17H20N2O3S/c1-3-19(13-9-22-10-14(13)20)17(21)16-15(18-11(2)23-16)12-7-5-4-6-8-12/h4-8,13-14,20H,3,9-10H2,1-2H3/t13-,14-/m1/s1. The van der Waals surface area contributed by atoms with Gasteiger partial charge in [0, 0.05) is 12.1 Å². The first kappa shape index (κ1) is 16.1. The summed E-state index contributed by atoms with van der Waals surface area (Å²) in [5.41, 5.74) is 1.64. The zero-order valence-electron chi connectivity index (χ0n) is 13.2. The van der Waals surface area contributed by atoms with Crippen LogP contribution in [0.1, 0.15) is 21.6 Å². The Morgan fingerprint density at radius 3 is 2.74 bits per heavy atom. The predicted molar refractivity (Wildman–Crippen MR) is 89.6 cm³/mol. The highest BCUT2D eigenvalue weighted by molar-refractivity contribution is 7.14. The van der Waals surface area contributed by atoms with Gasteiger partial charge in [-0.3, -0.25) is 4.79 Å². The minimum absolute atomic E-state index is 0.0912. The Kier molecular flexibility index (Phi) is 4.75. The molecule has 1 saturated heterocycles. The zero-order chi connectivity index (χ0) is 16.4. The van der Waals surface area contributed by atoms with E-state index < -0.39 is 6.10 Å². The lowest BCUT2D eigenvalue weighted by atomic mass is 10.1. The number of hydrogen-bond acceptors (Lipinski definition) is 5. The van der Waals surface area contributed by atoms with Crippen LogP contribution in [-0.2, 0) is 4.74 Å². The molecule has 1 aromatic heterocycles. The Balaban J connectivity index is 1.96. The fourth-order valence-corrected chi connectivity index (χ4v) is 3.75. The van der Waals surface area contributed by atoms with Crippen molar-refractivity contribution in [2.75, 3.05) is 19.8 Å². The SMILES string of the molecule is CCN(C(=O)c1sc(C)nc1-c1ccccc1)[C@@H]1COC[C@H]1O. The highest BCUT2D eigenvalue weighted by atomic mass is 32.1. The quantitative estimate of drug-likeness (QED) is 0.933. The van der Waals surface area contributed by atoms with Crippen LogP contribution < -0.4 is 0 Å². The predicted octanol–water partition coefficient (Wildman–Crippen LogP) is 2.34. The minimum Gasteiger partial charge on any atom is -0.388 e. The fourth-order valence-electron chi connectivity index (χ4n) is 2.85. The molecule has 0 radical (unpaired) electrons. The Hall–Kier alpha value is -1.76. The van der Waals surface area contributed by atoms with Crippen molar-refractivity contribution in [1.82, 2.24) is 9.88 Å². The van der Waals surface area contributed by atoms with Gasteiger partial charge >= 0.3 is 0 Å². The van der Waals surface area contributed by atoms with Crippen LogP contribution in [0, 0.1) is 6.92 Å². The van der Waals surface area contributed by atoms with Crippen molar-refractivity contribution in [2.45, 2.75) is 26.0 Å². The number of carbonyl (C=O) groups is 1. The fraction of sp³-hybridized carbons (Fsp3) is 0.412. The Morgan fingerprint density at radius 2 is 2.13 bits per heavy atom. The van der Waals surface area contributed by atoms with E-state index in [0.29, 0.717) is 23.7 Å². The Labute approximate surface area is 139 Å². The van der Waals surface area contributed by atoms with E-state index in [0.717, 1.165) is 10.6 Å². The topological polar surface area (TPSA) is 62.7 Å². The Bertz CT molecular complexity index is 686. The number of amides is 1. The number of ether oxygens (including phenoxy) is 1. The van der Waals surface area contributed by atoms with Crippen molar-refractivity contribution in [3.63, 3.8) is 0 Å².